The van der Waals surface area contributed by atoms with Gasteiger partial charge in [-0.3, -0.25) is 9.89 Å². The molecular weight excluding hydrogens is 324 g/mol. The highest BCUT2D eigenvalue weighted by Crippen LogP contribution is 2.27. The van der Waals surface area contributed by atoms with Crippen LogP contribution < -0.4 is 10.6 Å². The van der Waals surface area contributed by atoms with Gasteiger partial charge in [0.25, 0.3) is 0 Å². The first-order chi connectivity index (χ1) is 11.4. The van der Waals surface area contributed by atoms with Crippen LogP contribution in [0.15, 0.2) is 39.3 Å². The number of guanidine groups is 1. The van der Waals surface area contributed by atoms with Gasteiger partial charge in [-0.25, -0.2) is 0 Å². The van der Waals surface area contributed by atoms with Crippen molar-refractivity contribution < 1.29 is 0 Å². The maximum atomic E-state index is 4.35. The summed E-state index contributed by atoms with van der Waals surface area (Å²) < 4.78 is 0. The SMILES string of the molecule is CN=C(NCc1ccsc1)NCC(c1cccs1)N1CCCC1. The zero-order chi connectivity index (χ0) is 15.9. The molecule has 3 heterocycles. The van der Waals surface area contributed by atoms with Gasteiger partial charge in [-0.2, -0.15) is 11.3 Å². The van der Waals surface area contributed by atoms with Crippen molar-refractivity contribution in [2.75, 3.05) is 26.7 Å². The smallest absolute Gasteiger partial charge is 0.191 e. The highest BCUT2D eigenvalue weighted by molar-refractivity contribution is 7.10. The summed E-state index contributed by atoms with van der Waals surface area (Å²) in [5.41, 5.74) is 1.30. The van der Waals surface area contributed by atoms with Crippen LogP contribution in [0.25, 0.3) is 0 Å². The van der Waals surface area contributed by atoms with Crippen LogP contribution in [0.3, 0.4) is 0 Å². The molecule has 0 bridgehead atoms. The maximum Gasteiger partial charge on any atom is 0.191 e. The van der Waals surface area contributed by atoms with E-state index in [1.165, 1.54) is 36.4 Å². The molecule has 6 heteroatoms. The highest BCUT2D eigenvalue weighted by Gasteiger charge is 2.24. The molecule has 0 aromatic carbocycles. The minimum atomic E-state index is 0.442. The van der Waals surface area contributed by atoms with Crippen LogP contribution in [-0.2, 0) is 6.54 Å². The predicted molar refractivity (Wildman–Crippen MR) is 100 cm³/mol. The number of hydrogen-bond donors (Lipinski definition) is 2. The number of rotatable bonds is 6. The molecule has 0 amide bonds. The van der Waals surface area contributed by atoms with Gasteiger partial charge in [0.2, 0.25) is 0 Å². The van der Waals surface area contributed by atoms with Crippen molar-refractivity contribution in [2.24, 2.45) is 4.99 Å². The summed E-state index contributed by atoms with van der Waals surface area (Å²) >= 11 is 3.57. The van der Waals surface area contributed by atoms with Crippen molar-refractivity contribution in [2.45, 2.75) is 25.4 Å². The van der Waals surface area contributed by atoms with Gasteiger partial charge in [-0.1, -0.05) is 6.07 Å². The second-order valence-electron chi connectivity index (χ2n) is 5.71. The minimum Gasteiger partial charge on any atom is -0.354 e. The van der Waals surface area contributed by atoms with E-state index in [4.69, 9.17) is 0 Å². The number of nitrogens with one attached hydrogen (secondary N) is 2. The Kier molecular flexibility index (Phi) is 6.07. The van der Waals surface area contributed by atoms with Crippen LogP contribution in [0, 0.1) is 0 Å². The molecule has 2 aromatic heterocycles. The quantitative estimate of drug-likeness (QED) is 0.621. The molecule has 2 aromatic rings. The first-order valence-electron chi connectivity index (χ1n) is 8.10. The lowest BCUT2D eigenvalue weighted by atomic mass is 10.2. The molecule has 1 aliphatic rings. The van der Waals surface area contributed by atoms with Crippen molar-refractivity contribution in [3.05, 3.63) is 44.8 Å². The largest absolute Gasteiger partial charge is 0.354 e. The average Bonchev–Trinajstić information content (AvgIpc) is 3.34. The zero-order valence-electron chi connectivity index (χ0n) is 13.5. The van der Waals surface area contributed by atoms with Gasteiger partial charge in [0.05, 0.1) is 6.04 Å². The lowest BCUT2D eigenvalue weighted by Gasteiger charge is -2.27. The van der Waals surface area contributed by atoms with Crippen LogP contribution in [0.5, 0.6) is 0 Å². The Hall–Kier alpha value is -1.37. The van der Waals surface area contributed by atoms with E-state index < -0.39 is 0 Å². The number of aliphatic imine (C=N–C) groups is 1. The summed E-state index contributed by atoms with van der Waals surface area (Å²) in [5.74, 6) is 0.872. The predicted octanol–water partition coefficient (Wildman–Crippen LogP) is 3.31. The Morgan fingerprint density at radius 2 is 2.13 bits per heavy atom. The fourth-order valence-electron chi connectivity index (χ4n) is 2.94. The molecule has 1 saturated heterocycles. The molecule has 0 spiro atoms. The van der Waals surface area contributed by atoms with E-state index >= 15 is 0 Å². The normalized spacial score (nSPS) is 17.3. The Labute approximate surface area is 146 Å². The first kappa shape index (κ1) is 16.5. The topological polar surface area (TPSA) is 39.7 Å². The third-order valence-electron chi connectivity index (χ3n) is 4.18. The molecule has 1 fully saturated rings. The monoisotopic (exact) mass is 348 g/mol. The summed E-state index contributed by atoms with van der Waals surface area (Å²) in [6, 6.07) is 6.98. The molecule has 1 atom stereocenters. The van der Waals surface area contributed by atoms with Crippen LogP contribution in [-0.4, -0.2) is 37.5 Å². The van der Waals surface area contributed by atoms with E-state index in [1.807, 2.05) is 18.4 Å². The first-order valence-corrected chi connectivity index (χ1v) is 9.92. The van der Waals surface area contributed by atoms with E-state index in [1.54, 1.807) is 11.3 Å². The van der Waals surface area contributed by atoms with Crippen LogP contribution in [0.2, 0.25) is 0 Å². The van der Waals surface area contributed by atoms with Gasteiger partial charge >= 0.3 is 0 Å². The molecule has 0 aliphatic carbocycles. The van der Waals surface area contributed by atoms with Crippen molar-refractivity contribution in [3.8, 4) is 0 Å². The Bertz CT molecular complexity index is 586. The number of likely N-dealkylation sites (tertiary alicyclic amines) is 1. The zero-order valence-corrected chi connectivity index (χ0v) is 15.1. The molecule has 0 saturated carbocycles. The Morgan fingerprint density at radius 3 is 2.78 bits per heavy atom. The van der Waals surface area contributed by atoms with Gasteiger partial charge < -0.3 is 10.6 Å². The third-order valence-corrected chi connectivity index (χ3v) is 5.89. The minimum absolute atomic E-state index is 0.442. The second-order valence-corrected chi connectivity index (χ2v) is 7.47. The van der Waals surface area contributed by atoms with E-state index in [2.05, 4.69) is 54.9 Å². The second kappa shape index (κ2) is 8.47. The van der Waals surface area contributed by atoms with E-state index in [0.717, 1.165) is 19.0 Å². The molecule has 23 heavy (non-hydrogen) atoms. The summed E-state index contributed by atoms with van der Waals surface area (Å²) in [6.45, 7) is 4.11. The fourth-order valence-corrected chi connectivity index (χ4v) is 4.47. The molecule has 1 unspecified atom stereocenters. The van der Waals surface area contributed by atoms with Crippen molar-refractivity contribution in [3.63, 3.8) is 0 Å². The van der Waals surface area contributed by atoms with Gasteiger partial charge in [0, 0.05) is 25.0 Å². The molecule has 1 aliphatic heterocycles. The molecular formula is C17H24N4S2. The van der Waals surface area contributed by atoms with Crippen LogP contribution in [0.4, 0.5) is 0 Å². The Balaban J connectivity index is 1.56. The highest BCUT2D eigenvalue weighted by atomic mass is 32.1. The van der Waals surface area contributed by atoms with Crippen LogP contribution in [0.1, 0.15) is 29.3 Å². The lowest BCUT2D eigenvalue weighted by Crippen LogP contribution is -2.42. The Morgan fingerprint density at radius 1 is 1.26 bits per heavy atom. The van der Waals surface area contributed by atoms with Gasteiger partial charge in [0.15, 0.2) is 5.96 Å². The van der Waals surface area contributed by atoms with Gasteiger partial charge in [-0.15, -0.1) is 11.3 Å². The lowest BCUT2D eigenvalue weighted by molar-refractivity contribution is 0.249. The van der Waals surface area contributed by atoms with E-state index in [0.29, 0.717) is 6.04 Å². The van der Waals surface area contributed by atoms with E-state index in [9.17, 15) is 0 Å². The summed E-state index contributed by atoms with van der Waals surface area (Å²) in [6.07, 6.45) is 2.63. The number of hydrogen-bond acceptors (Lipinski definition) is 4. The summed E-state index contributed by atoms with van der Waals surface area (Å²) in [5, 5.41) is 13.3. The standard InChI is InChI=1S/C17H24N4S2/c1-18-17(19-11-14-6-10-22-13-14)20-12-15(16-5-4-9-23-16)21-7-2-3-8-21/h4-6,9-10,13,15H,2-3,7-8,11-12H2,1H3,(H2,18,19,20). The third kappa shape index (κ3) is 4.56. The summed E-state index contributed by atoms with van der Waals surface area (Å²) in [4.78, 5) is 8.38. The van der Waals surface area contributed by atoms with Crippen molar-refractivity contribution in [1.82, 2.24) is 15.5 Å². The fraction of sp³-hybridized carbons (Fsp3) is 0.471. The number of nitrogens with zero attached hydrogens (tertiary/aromatic N) is 2. The molecule has 2 N–H and O–H groups in total. The van der Waals surface area contributed by atoms with E-state index in [-0.39, 0.29) is 0 Å². The molecule has 124 valence electrons. The van der Waals surface area contributed by atoms with Crippen molar-refractivity contribution in [1.29, 1.82) is 0 Å². The maximum absolute atomic E-state index is 4.35. The number of thiophene rings is 2. The summed E-state index contributed by atoms with van der Waals surface area (Å²) in [7, 11) is 1.83. The average molecular weight is 349 g/mol. The molecule has 4 nitrogen and oxygen atoms in total. The van der Waals surface area contributed by atoms with Crippen LogP contribution >= 0.6 is 22.7 Å². The molecule has 3 rings (SSSR count). The van der Waals surface area contributed by atoms with Crippen molar-refractivity contribution >= 4 is 28.6 Å². The molecule has 0 radical (unpaired) electrons. The van der Waals surface area contributed by atoms with Gasteiger partial charge in [-0.05, 0) is 59.8 Å². The van der Waals surface area contributed by atoms with Gasteiger partial charge in [0.1, 0.15) is 0 Å².